The summed E-state index contributed by atoms with van der Waals surface area (Å²) >= 11 is 1.70. The molecule has 1 aliphatic heterocycles. The molecule has 0 aliphatic carbocycles. The lowest BCUT2D eigenvalue weighted by molar-refractivity contribution is -0.155. The molecular formula is C27H30N4O2S. The highest BCUT2D eigenvalue weighted by atomic mass is 32.1. The molecule has 0 amide bonds. The van der Waals surface area contributed by atoms with Gasteiger partial charge in [0.05, 0.1) is 12.1 Å². The van der Waals surface area contributed by atoms with Crippen molar-refractivity contribution in [3.63, 3.8) is 0 Å². The first kappa shape index (κ1) is 23.9. The molecule has 1 aromatic carbocycles. The van der Waals surface area contributed by atoms with Crippen molar-refractivity contribution in [2.24, 2.45) is 4.99 Å². The van der Waals surface area contributed by atoms with E-state index in [0.29, 0.717) is 5.82 Å². The standard InChI is InChI=1S/C27H30N4O2S/c1-8-9-10-19-11-13-20(14-12-19)24-23-16(2)17(3)34-26(23)31-18(4)29-30-25(31)21(28-24)15-22(32)33-27(5,6)7/h11-14,21H,8,15H2,1-7H3. The Hall–Kier alpha value is -3.24. The lowest BCUT2D eigenvalue weighted by Crippen LogP contribution is -2.25. The first-order valence-corrected chi connectivity index (χ1v) is 12.3. The Morgan fingerprint density at radius 1 is 1.15 bits per heavy atom. The summed E-state index contributed by atoms with van der Waals surface area (Å²) < 4.78 is 7.67. The minimum absolute atomic E-state index is 0.0892. The summed E-state index contributed by atoms with van der Waals surface area (Å²) in [7, 11) is 0. The van der Waals surface area contributed by atoms with Gasteiger partial charge < -0.3 is 4.74 Å². The minimum atomic E-state index is -0.570. The topological polar surface area (TPSA) is 69.4 Å². The van der Waals surface area contributed by atoms with Crippen LogP contribution in [-0.4, -0.2) is 32.0 Å². The van der Waals surface area contributed by atoms with E-state index in [9.17, 15) is 4.79 Å². The van der Waals surface area contributed by atoms with Crippen molar-refractivity contribution in [1.29, 1.82) is 0 Å². The summed E-state index contributed by atoms with van der Waals surface area (Å²) in [6.07, 6.45) is 0.905. The van der Waals surface area contributed by atoms with Crippen molar-refractivity contribution in [2.45, 2.75) is 73.0 Å². The summed E-state index contributed by atoms with van der Waals surface area (Å²) in [5.74, 6) is 7.41. The maximum atomic E-state index is 12.8. The average Bonchev–Trinajstić information content (AvgIpc) is 3.24. The van der Waals surface area contributed by atoms with Gasteiger partial charge >= 0.3 is 5.97 Å². The minimum Gasteiger partial charge on any atom is -0.460 e. The summed E-state index contributed by atoms with van der Waals surface area (Å²) in [5, 5.41) is 9.81. The number of nitrogens with zero attached hydrogens (tertiary/aromatic N) is 4. The molecule has 0 fully saturated rings. The number of aryl methyl sites for hydroxylation is 2. The molecule has 2 aromatic heterocycles. The average molecular weight is 475 g/mol. The first-order valence-electron chi connectivity index (χ1n) is 11.5. The first-order chi connectivity index (χ1) is 16.1. The van der Waals surface area contributed by atoms with Gasteiger partial charge in [0.25, 0.3) is 0 Å². The van der Waals surface area contributed by atoms with Crippen LogP contribution in [0.3, 0.4) is 0 Å². The second-order valence-corrected chi connectivity index (χ2v) is 10.6. The molecule has 1 aliphatic rings. The maximum absolute atomic E-state index is 12.8. The molecule has 7 heteroatoms. The molecule has 4 rings (SSSR count). The fraction of sp³-hybridized carbons (Fsp3) is 0.407. The van der Waals surface area contributed by atoms with Gasteiger partial charge in [0.1, 0.15) is 22.5 Å². The largest absolute Gasteiger partial charge is 0.460 e. The molecule has 0 N–H and O–H groups in total. The number of hydrogen-bond donors (Lipinski definition) is 0. The SMILES string of the molecule is CCC#Cc1ccc(C2=NC(CC(=O)OC(C)(C)C)c3nnc(C)n3-c3sc(C)c(C)c32)cc1. The van der Waals surface area contributed by atoms with E-state index in [2.05, 4.69) is 48.0 Å². The monoisotopic (exact) mass is 474 g/mol. The Balaban J connectivity index is 1.88. The third-order valence-electron chi connectivity index (χ3n) is 5.59. The lowest BCUT2D eigenvalue weighted by Gasteiger charge is -2.21. The maximum Gasteiger partial charge on any atom is 0.308 e. The predicted molar refractivity (Wildman–Crippen MR) is 136 cm³/mol. The number of carbonyl (C=O) groups excluding carboxylic acids is 1. The Morgan fingerprint density at radius 3 is 2.50 bits per heavy atom. The van der Waals surface area contributed by atoms with Gasteiger partial charge in [0.15, 0.2) is 5.82 Å². The quantitative estimate of drug-likeness (QED) is 0.364. The van der Waals surface area contributed by atoms with Gasteiger partial charge in [-0.1, -0.05) is 30.9 Å². The molecule has 6 nitrogen and oxygen atoms in total. The van der Waals surface area contributed by atoms with Gasteiger partial charge in [-0.25, -0.2) is 0 Å². The Bertz CT molecular complexity index is 1330. The number of aliphatic imine (C=N–C) groups is 1. The van der Waals surface area contributed by atoms with E-state index in [1.54, 1.807) is 11.3 Å². The lowest BCUT2D eigenvalue weighted by atomic mass is 9.98. The van der Waals surface area contributed by atoms with E-state index in [0.717, 1.165) is 39.6 Å². The van der Waals surface area contributed by atoms with Crippen molar-refractivity contribution < 1.29 is 9.53 Å². The van der Waals surface area contributed by atoms with E-state index in [-0.39, 0.29) is 12.4 Å². The molecule has 3 heterocycles. The highest BCUT2D eigenvalue weighted by Gasteiger charge is 2.33. The number of ether oxygens (including phenoxy) is 1. The van der Waals surface area contributed by atoms with Crippen LogP contribution in [0, 0.1) is 32.6 Å². The second-order valence-electron chi connectivity index (χ2n) is 9.42. The van der Waals surface area contributed by atoms with Crippen LogP contribution >= 0.6 is 11.3 Å². The number of benzene rings is 1. The molecule has 176 valence electrons. The zero-order valence-corrected chi connectivity index (χ0v) is 21.6. The van der Waals surface area contributed by atoms with E-state index in [4.69, 9.17) is 9.73 Å². The Labute approximate surface area is 205 Å². The Morgan fingerprint density at radius 2 is 1.85 bits per heavy atom. The number of rotatable bonds is 3. The third kappa shape index (κ3) is 4.69. The number of fused-ring (bicyclic) bond motifs is 3. The number of thiophene rings is 1. The highest BCUT2D eigenvalue weighted by molar-refractivity contribution is 7.15. The second kappa shape index (κ2) is 9.19. The van der Waals surface area contributed by atoms with Crippen LogP contribution in [0.15, 0.2) is 29.3 Å². The van der Waals surface area contributed by atoms with E-state index in [1.165, 1.54) is 10.4 Å². The molecule has 0 bridgehead atoms. The molecule has 0 radical (unpaired) electrons. The van der Waals surface area contributed by atoms with Crippen LogP contribution in [0.1, 0.15) is 85.4 Å². The molecule has 0 saturated heterocycles. The number of carbonyl (C=O) groups is 1. The van der Waals surface area contributed by atoms with Crippen molar-refractivity contribution in [2.75, 3.05) is 0 Å². The van der Waals surface area contributed by atoms with Gasteiger partial charge in [-0.3, -0.25) is 14.4 Å². The molecule has 0 spiro atoms. The zero-order valence-electron chi connectivity index (χ0n) is 20.8. The van der Waals surface area contributed by atoms with Gasteiger partial charge in [-0.05, 0) is 59.2 Å². The van der Waals surface area contributed by atoms with E-state index in [1.807, 2.05) is 51.3 Å². The molecule has 1 atom stereocenters. The molecule has 34 heavy (non-hydrogen) atoms. The van der Waals surface area contributed by atoms with Crippen LogP contribution in [0.4, 0.5) is 0 Å². The van der Waals surface area contributed by atoms with Crippen LogP contribution in [0.5, 0.6) is 0 Å². The van der Waals surface area contributed by atoms with Crippen LogP contribution in [-0.2, 0) is 9.53 Å². The van der Waals surface area contributed by atoms with Gasteiger partial charge in [-0.15, -0.1) is 21.5 Å². The molecule has 1 unspecified atom stereocenters. The van der Waals surface area contributed by atoms with Crippen LogP contribution in [0.2, 0.25) is 0 Å². The van der Waals surface area contributed by atoms with Crippen LogP contribution < -0.4 is 0 Å². The van der Waals surface area contributed by atoms with Crippen LogP contribution in [0.25, 0.3) is 5.00 Å². The fourth-order valence-corrected chi connectivity index (χ4v) is 5.18. The summed E-state index contributed by atoms with van der Waals surface area (Å²) in [6, 6.07) is 7.64. The van der Waals surface area contributed by atoms with E-state index < -0.39 is 11.6 Å². The zero-order chi connectivity index (χ0) is 24.6. The summed E-state index contributed by atoms with van der Waals surface area (Å²) in [4.78, 5) is 19.2. The normalized spacial score (nSPS) is 14.9. The number of esters is 1. The van der Waals surface area contributed by atoms with E-state index >= 15 is 0 Å². The molecular weight excluding hydrogens is 444 g/mol. The van der Waals surface area contributed by atoms with Gasteiger partial charge in [-0.2, -0.15) is 0 Å². The Kier molecular flexibility index (Phi) is 6.46. The highest BCUT2D eigenvalue weighted by Crippen LogP contribution is 2.39. The number of hydrogen-bond acceptors (Lipinski definition) is 6. The fourth-order valence-electron chi connectivity index (χ4n) is 3.97. The van der Waals surface area contributed by atoms with Crippen molar-refractivity contribution >= 4 is 23.0 Å². The van der Waals surface area contributed by atoms with Crippen molar-refractivity contribution in [1.82, 2.24) is 14.8 Å². The molecule has 3 aromatic rings. The molecule has 0 saturated carbocycles. The van der Waals surface area contributed by atoms with Crippen molar-refractivity contribution in [3.8, 4) is 16.8 Å². The van der Waals surface area contributed by atoms with Gasteiger partial charge in [0, 0.05) is 28.0 Å². The summed E-state index contributed by atoms with van der Waals surface area (Å²) in [5.41, 5.74) is 4.47. The number of aromatic nitrogens is 3. The van der Waals surface area contributed by atoms with Gasteiger partial charge in [0.2, 0.25) is 0 Å². The smallest absolute Gasteiger partial charge is 0.308 e. The summed E-state index contributed by atoms with van der Waals surface area (Å²) in [6.45, 7) is 13.8. The van der Waals surface area contributed by atoms with Crippen molar-refractivity contribution in [3.05, 3.63) is 63.0 Å². The predicted octanol–water partition coefficient (Wildman–Crippen LogP) is 5.64. The third-order valence-corrected chi connectivity index (χ3v) is 6.78.